The smallest absolute Gasteiger partial charge is 0.185 e. The SMILES string of the molecule is C[C@H]1[C@@H](CN(Cc2ccccc2)Cc2ccccc2)O[C@@H](c2cccc(N)c2)O[C@H]1c1ccc(CO)cc1. The van der Waals surface area contributed by atoms with E-state index in [-0.39, 0.29) is 24.7 Å². The Hall–Kier alpha value is -3.48. The molecule has 0 unspecified atom stereocenters. The highest BCUT2D eigenvalue weighted by molar-refractivity contribution is 5.41. The van der Waals surface area contributed by atoms with E-state index in [4.69, 9.17) is 15.2 Å². The van der Waals surface area contributed by atoms with E-state index in [1.165, 1.54) is 11.1 Å². The number of hydrogen-bond donors (Lipinski definition) is 2. The van der Waals surface area contributed by atoms with Gasteiger partial charge in [-0.1, -0.05) is 104 Å². The van der Waals surface area contributed by atoms with Crippen molar-refractivity contribution < 1.29 is 14.6 Å². The van der Waals surface area contributed by atoms with Crippen molar-refractivity contribution in [3.05, 3.63) is 137 Å². The van der Waals surface area contributed by atoms with Crippen molar-refractivity contribution in [2.24, 2.45) is 5.92 Å². The van der Waals surface area contributed by atoms with Gasteiger partial charge in [0.25, 0.3) is 0 Å². The normalized spacial score (nSPS) is 21.4. The molecule has 1 aliphatic rings. The largest absolute Gasteiger partial charge is 0.399 e. The molecule has 0 spiro atoms. The summed E-state index contributed by atoms with van der Waals surface area (Å²) >= 11 is 0. The van der Waals surface area contributed by atoms with Gasteiger partial charge in [0, 0.05) is 36.8 Å². The lowest BCUT2D eigenvalue weighted by Gasteiger charge is -2.43. The molecule has 4 atom stereocenters. The maximum Gasteiger partial charge on any atom is 0.185 e. The van der Waals surface area contributed by atoms with Gasteiger partial charge in [-0.25, -0.2) is 0 Å². The summed E-state index contributed by atoms with van der Waals surface area (Å²) in [6.45, 7) is 4.61. The standard InChI is InChI=1S/C33H36N2O3/c1-24-31(22-35(20-25-9-4-2-5-10-25)21-26-11-6-3-7-12-26)37-33(29-13-8-14-30(34)19-29)38-32(24)28-17-15-27(23-36)16-18-28/h2-19,24,31-33,36H,20-23,34H2,1H3/t24-,31+,32+,33+/m0/s1. The molecule has 1 aliphatic heterocycles. The highest BCUT2D eigenvalue weighted by Crippen LogP contribution is 2.42. The molecule has 5 nitrogen and oxygen atoms in total. The van der Waals surface area contributed by atoms with Crippen LogP contribution < -0.4 is 5.73 Å². The van der Waals surface area contributed by atoms with Crippen LogP contribution in [0.15, 0.2) is 109 Å². The Labute approximate surface area is 225 Å². The fourth-order valence-corrected chi connectivity index (χ4v) is 5.16. The van der Waals surface area contributed by atoms with Gasteiger partial charge in [0.15, 0.2) is 6.29 Å². The van der Waals surface area contributed by atoms with Crippen molar-refractivity contribution in [1.29, 1.82) is 0 Å². The van der Waals surface area contributed by atoms with Crippen LogP contribution in [0, 0.1) is 5.92 Å². The van der Waals surface area contributed by atoms with Gasteiger partial charge in [-0.15, -0.1) is 0 Å². The first kappa shape index (κ1) is 26.1. The second-order valence-corrected chi connectivity index (χ2v) is 10.1. The van der Waals surface area contributed by atoms with Crippen molar-refractivity contribution >= 4 is 5.69 Å². The van der Waals surface area contributed by atoms with Gasteiger partial charge in [0.2, 0.25) is 0 Å². The summed E-state index contributed by atoms with van der Waals surface area (Å²) in [4.78, 5) is 2.46. The molecule has 3 N–H and O–H groups in total. The summed E-state index contributed by atoms with van der Waals surface area (Å²) < 4.78 is 13.3. The van der Waals surface area contributed by atoms with Gasteiger partial charge in [-0.05, 0) is 34.4 Å². The Morgan fingerprint density at radius 1 is 0.711 bits per heavy atom. The number of hydrogen-bond acceptors (Lipinski definition) is 5. The lowest BCUT2D eigenvalue weighted by Crippen LogP contribution is -2.44. The van der Waals surface area contributed by atoms with E-state index < -0.39 is 6.29 Å². The van der Waals surface area contributed by atoms with Gasteiger partial charge >= 0.3 is 0 Å². The number of rotatable bonds is 9. The molecule has 196 valence electrons. The van der Waals surface area contributed by atoms with Crippen LogP contribution in [0.5, 0.6) is 0 Å². The fraction of sp³-hybridized carbons (Fsp3) is 0.273. The number of aliphatic hydroxyl groups excluding tert-OH is 1. The summed E-state index contributed by atoms with van der Waals surface area (Å²) in [5.41, 5.74) is 12.2. The molecular formula is C33H36N2O3. The second-order valence-electron chi connectivity index (χ2n) is 10.1. The average molecular weight is 509 g/mol. The second kappa shape index (κ2) is 12.4. The van der Waals surface area contributed by atoms with Crippen LogP contribution in [0.1, 0.15) is 47.1 Å². The van der Waals surface area contributed by atoms with E-state index in [1.54, 1.807) is 0 Å². The zero-order chi connectivity index (χ0) is 26.3. The van der Waals surface area contributed by atoms with Gasteiger partial charge in [-0.3, -0.25) is 4.90 Å². The summed E-state index contributed by atoms with van der Waals surface area (Å²) in [5.74, 6) is 0.0985. The molecule has 1 heterocycles. The van der Waals surface area contributed by atoms with Gasteiger partial charge in [0.05, 0.1) is 18.8 Å². The lowest BCUT2D eigenvalue weighted by molar-refractivity contribution is -0.276. The molecule has 0 aliphatic carbocycles. The van der Waals surface area contributed by atoms with Gasteiger partial charge in [-0.2, -0.15) is 0 Å². The maximum atomic E-state index is 9.52. The number of anilines is 1. The van der Waals surface area contributed by atoms with E-state index in [0.29, 0.717) is 5.69 Å². The maximum absolute atomic E-state index is 9.52. The van der Waals surface area contributed by atoms with Crippen molar-refractivity contribution in [2.75, 3.05) is 12.3 Å². The highest BCUT2D eigenvalue weighted by Gasteiger charge is 2.39. The summed E-state index contributed by atoms with van der Waals surface area (Å²) in [6, 6.07) is 36.9. The minimum Gasteiger partial charge on any atom is -0.399 e. The Bertz CT molecular complexity index is 1240. The molecule has 4 aromatic rings. The number of nitrogens with two attached hydrogens (primary N) is 1. The molecule has 0 amide bonds. The summed E-state index contributed by atoms with van der Waals surface area (Å²) in [5, 5.41) is 9.52. The minimum atomic E-state index is -0.530. The third-order valence-electron chi connectivity index (χ3n) is 7.24. The third kappa shape index (κ3) is 6.50. The monoisotopic (exact) mass is 508 g/mol. The van der Waals surface area contributed by atoms with Crippen LogP contribution in [0.25, 0.3) is 0 Å². The van der Waals surface area contributed by atoms with Crippen LogP contribution in [-0.2, 0) is 29.2 Å². The van der Waals surface area contributed by atoms with Crippen molar-refractivity contribution in [2.45, 2.75) is 45.1 Å². The molecule has 1 fully saturated rings. The zero-order valence-corrected chi connectivity index (χ0v) is 21.8. The van der Waals surface area contributed by atoms with E-state index in [2.05, 4.69) is 84.6 Å². The first-order valence-corrected chi connectivity index (χ1v) is 13.3. The number of benzene rings is 4. The number of nitrogens with zero attached hydrogens (tertiary/aromatic N) is 1. The van der Waals surface area contributed by atoms with Crippen LogP contribution >= 0.6 is 0 Å². The Morgan fingerprint density at radius 3 is 1.92 bits per heavy atom. The van der Waals surface area contributed by atoms with Crippen molar-refractivity contribution in [3.8, 4) is 0 Å². The van der Waals surface area contributed by atoms with Crippen LogP contribution in [-0.4, -0.2) is 22.7 Å². The van der Waals surface area contributed by atoms with E-state index >= 15 is 0 Å². The third-order valence-corrected chi connectivity index (χ3v) is 7.24. The molecular weight excluding hydrogens is 472 g/mol. The quantitative estimate of drug-likeness (QED) is 0.261. The van der Waals surface area contributed by atoms with Gasteiger partial charge in [0.1, 0.15) is 0 Å². The van der Waals surface area contributed by atoms with Crippen LogP contribution in [0.4, 0.5) is 5.69 Å². The Kier molecular flexibility index (Phi) is 8.51. The predicted molar refractivity (Wildman–Crippen MR) is 151 cm³/mol. The number of aliphatic hydroxyl groups is 1. The lowest BCUT2D eigenvalue weighted by atomic mass is 9.89. The number of nitrogen functional groups attached to an aromatic ring is 1. The highest BCUT2D eigenvalue weighted by atomic mass is 16.7. The molecule has 4 aromatic carbocycles. The molecule has 5 rings (SSSR count). The first-order valence-electron chi connectivity index (χ1n) is 13.3. The molecule has 0 saturated carbocycles. The van der Waals surface area contributed by atoms with Crippen LogP contribution in [0.3, 0.4) is 0 Å². The zero-order valence-electron chi connectivity index (χ0n) is 21.8. The summed E-state index contributed by atoms with van der Waals surface area (Å²) in [6.07, 6.45) is -0.772. The Morgan fingerprint density at radius 2 is 1.34 bits per heavy atom. The van der Waals surface area contributed by atoms with E-state index in [1.807, 2.05) is 36.4 Å². The Balaban J connectivity index is 1.44. The molecule has 0 radical (unpaired) electrons. The topological polar surface area (TPSA) is 68.0 Å². The van der Waals surface area contributed by atoms with E-state index in [0.717, 1.165) is 36.3 Å². The summed E-state index contributed by atoms with van der Waals surface area (Å²) in [7, 11) is 0. The molecule has 0 bridgehead atoms. The number of ether oxygens (including phenoxy) is 2. The van der Waals surface area contributed by atoms with Crippen molar-refractivity contribution in [1.82, 2.24) is 4.90 Å². The molecule has 0 aromatic heterocycles. The van der Waals surface area contributed by atoms with E-state index in [9.17, 15) is 5.11 Å². The first-order chi connectivity index (χ1) is 18.6. The fourth-order valence-electron chi connectivity index (χ4n) is 5.16. The molecule has 5 heteroatoms. The molecule has 1 saturated heterocycles. The molecule has 38 heavy (non-hydrogen) atoms. The van der Waals surface area contributed by atoms with Gasteiger partial charge < -0.3 is 20.3 Å². The van der Waals surface area contributed by atoms with Crippen LogP contribution in [0.2, 0.25) is 0 Å². The minimum absolute atomic E-state index is 0.0208. The average Bonchev–Trinajstić information content (AvgIpc) is 2.95. The predicted octanol–water partition coefficient (Wildman–Crippen LogP) is 6.25. The van der Waals surface area contributed by atoms with Crippen molar-refractivity contribution in [3.63, 3.8) is 0 Å².